The van der Waals surface area contributed by atoms with Crippen molar-refractivity contribution in [2.45, 2.75) is 110 Å². The molecule has 0 atom stereocenters. The van der Waals surface area contributed by atoms with Crippen LogP contribution < -0.4 is 0 Å². The predicted molar refractivity (Wildman–Crippen MR) is 100 cm³/mol. The highest BCUT2D eigenvalue weighted by molar-refractivity contribution is 7.65. The molecule has 0 bridgehead atoms. The monoisotopic (exact) mass is 332 g/mol. The number of rotatable bonds is 15. The summed E-state index contributed by atoms with van der Waals surface area (Å²) in [6.07, 6.45) is 16.0. The van der Waals surface area contributed by atoms with Crippen LogP contribution in [0.1, 0.15) is 105 Å². The van der Waals surface area contributed by atoms with Crippen molar-refractivity contribution in [3.8, 4) is 0 Å². The van der Waals surface area contributed by atoms with E-state index in [1.165, 1.54) is 51.4 Å². The molecule has 0 amide bonds. The van der Waals surface area contributed by atoms with Crippen molar-refractivity contribution in [3.63, 3.8) is 0 Å². The lowest BCUT2D eigenvalue weighted by Gasteiger charge is -2.30. The van der Waals surface area contributed by atoms with Crippen molar-refractivity contribution < 1.29 is 9.67 Å². The Kier molecular flexibility index (Phi) is 12.7. The van der Waals surface area contributed by atoms with Gasteiger partial charge in [0.2, 0.25) is 0 Å². The summed E-state index contributed by atoms with van der Waals surface area (Å²) in [5.74, 6) is 0. The molecule has 0 fully saturated rings. The van der Waals surface area contributed by atoms with Crippen LogP contribution in [0.25, 0.3) is 0 Å². The average molecular weight is 333 g/mol. The zero-order valence-electron chi connectivity index (χ0n) is 15.7. The van der Waals surface area contributed by atoms with Gasteiger partial charge < -0.3 is 9.67 Å². The summed E-state index contributed by atoms with van der Waals surface area (Å²) >= 11 is 0. The summed E-state index contributed by atoms with van der Waals surface area (Å²) in [6, 6.07) is 0. The van der Waals surface area contributed by atoms with Crippen molar-refractivity contribution >= 4 is 7.14 Å². The molecule has 1 N–H and O–H groups in total. The maximum Gasteiger partial charge on any atom is 0.117 e. The second-order valence-electron chi connectivity index (χ2n) is 7.37. The predicted octanol–water partition coefficient (Wildman–Crippen LogP) is 6.80. The largest absolute Gasteiger partial charge is 0.383 e. The van der Waals surface area contributed by atoms with E-state index >= 15 is 0 Å². The van der Waals surface area contributed by atoms with E-state index in [2.05, 4.69) is 13.8 Å². The molecule has 0 aliphatic carbocycles. The SMILES string of the molecule is CCCCCCCCP(=O)(CCCCCCCC)C(C)(C)O. The van der Waals surface area contributed by atoms with Gasteiger partial charge in [0, 0.05) is 12.3 Å². The van der Waals surface area contributed by atoms with Crippen LogP contribution in [0.5, 0.6) is 0 Å². The van der Waals surface area contributed by atoms with Crippen molar-refractivity contribution in [1.29, 1.82) is 0 Å². The first-order valence-electron chi connectivity index (χ1n) is 9.68. The molecular weight excluding hydrogens is 291 g/mol. The fourth-order valence-electron chi connectivity index (χ4n) is 2.95. The highest BCUT2D eigenvalue weighted by Crippen LogP contribution is 2.57. The number of hydrogen-bond donors (Lipinski definition) is 1. The summed E-state index contributed by atoms with van der Waals surface area (Å²) in [5, 5.41) is 9.35. The Morgan fingerprint density at radius 1 is 0.682 bits per heavy atom. The van der Waals surface area contributed by atoms with Gasteiger partial charge in [-0.15, -0.1) is 0 Å². The van der Waals surface area contributed by atoms with Crippen LogP contribution in [0.3, 0.4) is 0 Å². The fourth-order valence-corrected chi connectivity index (χ4v) is 5.74. The van der Waals surface area contributed by atoms with Gasteiger partial charge in [0.15, 0.2) is 0 Å². The highest BCUT2D eigenvalue weighted by atomic mass is 31.2. The summed E-state index contributed by atoms with van der Waals surface area (Å²) in [4.78, 5) is 0. The van der Waals surface area contributed by atoms with E-state index in [0.717, 1.165) is 38.0 Å². The molecule has 2 nitrogen and oxygen atoms in total. The normalized spacial score (nSPS) is 12.8. The summed E-state index contributed by atoms with van der Waals surface area (Å²) < 4.78 is 13.2. The van der Waals surface area contributed by atoms with E-state index in [-0.39, 0.29) is 0 Å². The molecule has 0 aromatic heterocycles. The highest BCUT2D eigenvalue weighted by Gasteiger charge is 2.37. The Morgan fingerprint density at radius 2 is 1.00 bits per heavy atom. The molecule has 0 saturated heterocycles. The van der Waals surface area contributed by atoms with Crippen LogP contribution in [0, 0.1) is 0 Å². The van der Waals surface area contributed by atoms with E-state index < -0.39 is 12.5 Å². The third-order valence-corrected chi connectivity index (χ3v) is 8.81. The summed E-state index contributed by atoms with van der Waals surface area (Å²) in [6.45, 7) is 7.95. The summed E-state index contributed by atoms with van der Waals surface area (Å²) in [7, 11) is -2.46. The van der Waals surface area contributed by atoms with Gasteiger partial charge in [0.1, 0.15) is 12.5 Å². The van der Waals surface area contributed by atoms with Crippen LogP contribution in [0.2, 0.25) is 0 Å². The molecular formula is C19H41O2P. The minimum atomic E-state index is -2.46. The maximum absolute atomic E-state index is 13.2. The van der Waals surface area contributed by atoms with E-state index in [0.29, 0.717) is 0 Å². The minimum Gasteiger partial charge on any atom is -0.383 e. The lowest BCUT2D eigenvalue weighted by molar-refractivity contribution is 0.162. The van der Waals surface area contributed by atoms with Gasteiger partial charge in [-0.05, 0) is 26.7 Å². The molecule has 0 aliphatic rings. The third-order valence-electron chi connectivity index (χ3n) is 4.74. The Hall–Kier alpha value is 0.190. The molecule has 22 heavy (non-hydrogen) atoms. The second kappa shape index (κ2) is 12.6. The van der Waals surface area contributed by atoms with Crippen molar-refractivity contribution in [2.24, 2.45) is 0 Å². The van der Waals surface area contributed by atoms with Crippen molar-refractivity contribution in [2.75, 3.05) is 12.3 Å². The first-order valence-corrected chi connectivity index (χ1v) is 11.8. The Labute approximate surface area is 139 Å². The summed E-state index contributed by atoms with van der Waals surface area (Å²) in [5.41, 5.74) is 0. The van der Waals surface area contributed by atoms with Gasteiger partial charge in [0.05, 0.1) is 0 Å². The standard InChI is InChI=1S/C19H41O2P/c1-5-7-9-11-13-15-17-22(21,19(3,4)20)18-16-14-12-10-8-6-2/h20H,5-18H2,1-4H3. The smallest absolute Gasteiger partial charge is 0.117 e. The van der Waals surface area contributed by atoms with Crippen LogP contribution >= 0.6 is 7.14 Å². The maximum atomic E-state index is 13.2. The molecule has 0 heterocycles. The van der Waals surface area contributed by atoms with E-state index in [1.54, 1.807) is 13.8 Å². The van der Waals surface area contributed by atoms with E-state index in [4.69, 9.17) is 0 Å². The molecule has 134 valence electrons. The van der Waals surface area contributed by atoms with Gasteiger partial charge in [-0.2, -0.15) is 0 Å². The molecule has 0 spiro atoms. The van der Waals surface area contributed by atoms with E-state index in [1.807, 2.05) is 0 Å². The Balaban J connectivity index is 4.06. The Bertz CT molecular complexity index is 274. The van der Waals surface area contributed by atoms with Crippen LogP contribution in [0.15, 0.2) is 0 Å². The lowest BCUT2D eigenvalue weighted by Crippen LogP contribution is -2.23. The number of unbranched alkanes of at least 4 members (excludes halogenated alkanes) is 10. The van der Waals surface area contributed by atoms with Crippen LogP contribution in [0.4, 0.5) is 0 Å². The van der Waals surface area contributed by atoms with Crippen molar-refractivity contribution in [3.05, 3.63) is 0 Å². The average Bonchev–Trinajstić information content (AvgIpc) is 2.45. The molecule has 0 saturated carbocycles. The molecule has 0 radical (unpaired) electrons. The van der Waals surface area contributed by atoms with Gasteiger partial charge >= 0.3 is 0 Å². The molecule has 0 rings (SSSR count). The fraction of sp³-hybridized carbons (Fsp3) is 1.00. The second-order valence-corrected chi connectivity index (χ2v) is 11.1. The van der Waals surface area contributed by atoms with Gasteiger partial charge in [-0.3, -0.25) is 0 Å². The zero-order chi connectivity index (χ0) is 16.9. The molecule has 0 aromatic rings. The topological polar surface area (TPSA) is 37.3 Å². The Morgan fingerprint density at radius 3 is 1.32 bits per heavy atom. The lowest BCUT2D eigenvalue weighted by atomic mass is 10.1. The number of aliphatic hydroxyl groups is 1. The van der Waals surface area contributed by atoms with E-state index in [9.17, 15) is 9.67 Å². The van der Waals surface area contributed by atoms with Crippen LogP contribution in [-0.2, 0) is 4.57 Å². The van der Waals surface area contributed by atoms with Gasteiger partial charge in [-0.25, -0.2) is 0 Å². The van der Waals surface area contributed by atoms with Crippen LogP contribution in [-0.4, -0.2) is 22.8 Å². The zero-order valence-corrected chi connectivity index (χ0v) is 16.6. The molecule has 0 aromatic carbocycles. The van der Waals surface area contributed by atoms with Gasteiger partial charge in [0.25, 0.3) is 0 Å². The third kappa shape index (κ3) is 10.1. The van der Waals surface area contributed by atoms with Gasteiger partial charge in [-0.1, -0.05) is 78.1 Å². The first kappa shape index (κ1) is 22.2. The molecule has 0 aliphatic heterocycles. The van der Waals surface area contributed by atoms with Crippen molar-refractivity contribution in [1.82, 2.24) is 0 Å². The quantitative estimate of drug-likeness (QED) is 0.264. The molecule has 0 unspecified atom stereocenters. The first-order chi connectivity index (χ1) is 10.4. The minimum absolute atomic E-state index is 0.734. The molecule has 3 heteroatoms. The number of hydrogen-bond acceptors (Lipinski definition) is 2.